The summed E-state index contributed by atoms with van der Waals surface area (Å²) in [5.74, 6) is 4.76. The van der Waals surface area contributed by atoms with E-state index in [1.54, 1.807) is 25.1 Å². The van der Waals surface area contributed by atoms with Crippen molar-refractivity contribution in [3.8, 4) is 11.8 Å². The molecule has 0 radical (unpaired) electrons. The number of aromatic carboxylic acids is 1. The zero-order chi connectivity index (χ0) is 10.6. The van der Waals surface area contributed by atoms with E-state index in [2.05, 4.69) is 11.8 Å². The number of hydrogen-bond acceptors (Lipinski definition) is 1. The number of carbonyl (C=O) groups is 1. The van der Waals surface area contributed by atoms with Gasteiger partial charge >= 0.3 is 5.97 Å². The number of benzene rings is 1. The van der Waals surface area contributed by atoms with Crippen molar-refractivity contribution in [3.63, 3.8) is 0 Å². The highest BCUT2D eigenvalue weighted by atomic mass is 35.5. The molecule has 1 aromatic rings. The predicted molar refractivity (Wildman–Crippen MR) is 55.7 cm³/mol. The Kier molecular flexibility index (Phi) is 3.55. The Hall–Kier alpha value is -1.46. The molecule has 3 heteroatoms. The molecule has 0 saturated carbocycles. The maximum Gasteiger partial charge on any atom is 0.335 e. The van der Waals surface area contributed by atoms with Crippen LogP contribution in [0.15, 0.2) is 18.2 Å². The van der Waals surface area contributed by atoms with Gasteiger partial charge in [0.25, 0.3) is 0 Å². The molecule has 0 heterocycles. The number of aryl methyl sites for hydroxylation is 1. The van der Waals surface area contributed by atoms with Gasteiger partial charge in [0.05, 0.1) is 11.4 Å². The highest BCUT2D eigenvalue weighted by molar-refractivity contribution is 6.19. The van der Waals surface area contributed by atoms with Crippen molar-refractivity contribution in [2.45, 2.75) is 6.92 Å². The average Bonchev–Trinajstić information content (AvgIpc) is 2.16. The van der Waals surface area contributed by atoms with Gasteiger partial charge in [0.15, 0.2) is 0 Å². The molecular formula is C11H9ClO2. The van der Waals surface area contributed by atoms with Gasteiger partial charge in [-0.25, -0.2) is 4.79 Å². The Labute approximate surface area is 87.5 Å². The van der Waals surface area contributed by atoms with Gasteiger partial charge in [-0.05, 0) is 24.6 Å². The second-order valence-electron chi connectivity index (χ2n) is 2.77. The van der Waals surface area contributed by atoms with Gasteiger partial charge in [0, 0.05) is 5.56 Å². The minimum absolute atomic E-state index is 0.246. The number of halogens is 1. The summed E-state index contributed by atoms with van der Waals surface area (Å²) < 4.78 is 0. The maximum absolute atomic E-state index is 10.8. The van der Waals surface area contributed by atoms with Crippen LogP contribution in [0, 0.1) is 18.8 Å². The van der Waals surface area contributed by atoms with Gasteiger partial charge in [-0.2, -0.15) is 0 Å². The molecule has 0 aliphatic heterocycles. The second kappa shape index (κ2) is 4.69. The first-order valence-corrected chi connectivity index (χ1v) is 4.57. The number of rotatable bonds is 1. The van der Waals surface area contributed by atoms with E-state index in [0.717, 1.165) is 5.56 Å². The van der Waals surface area contributed by atoms with E-state index in [4.69, 9.17) is 16.7 Å². The van der Waals surface area contributed by atoms with Crippen molar-refractivity contribution in [1.82, 2.24) is 0 Å². The quantitative estimate of drug-likeness (QED) is 0.568. The monoisotopic (exact) mass is 208 g/mol. The molecule has 0 aliphatic rings. The molecule has 72 valence electrons. The molecule has 1 rings (SSSR count). The van der Waals surface area contributed by atoms with E-state index < -0.39 is 5.97 Å². The zero-order valence-corrected chi connectivity index (χ0v) is 8.43. The predicted octanol–water partition coefficient (Wildman–Crippen LogP) is 2.28. The van der Waals surface area contributed by atoms with Gasteiger partial charge in [-0.15, -0.1) is 11.6 Å². The highest BCUT2D eigenvalue weighted by Crippen LogP contribution is 2.10. The van der Waals surface area contributed by atoms with Gasteiger partial charge in [0.2, 0.25) is 0 Å². The van der Waals surface area contributed by atoms with Crippen LogP contribution in [0.5, 0.6) is 0 Å². The van der Waals surface area contributed by atoms with Crippen LogP contribution in [0.3, 0.4) is 0 Å². The van der Waals surface area contributed by atoms with Crippen molar-refractivity contribution in [2.75, 3.05) is 5.88 Å². The van der Waals surface area contributed by atoms with E-state index in [0.29, 0.717) is 5.56 Å². The number of hydrogen-bond donors (Lipinski definition) is 1. The summed E-state index contributed by atoms with van der Waals surface area (Å²) in [5.41, 5.74) is 1.69. The molecule has 1 aromatic carbocycles. The summed E-state index contributed by atoms with van der Waals surface area (Å²) in [6.45, 7) is 1.75. The van der Waals surface area contributed by atoms with E-state index in [9.17, 15) is 4.79 Å². The third-order valence-corrected chi connectivity index (χ3v) is 1.90. The molecule has 0 fully saturated rings. The molecule has 0 bridgehead atoms. The van der Waals surface area contributed by atoms with Crippen LogP contribution in [0.25, 0.3) is 0 Å². The molecule has 2 nitrogen and oxygen atoms in total. The van der Waals surface area contributed by atoms with Crippen LogP contribution in [0.1, 0.15) is 21.5 Å². The van der Waals surface area contributed by atoms with Gasteiger partial charge in [-0.1, -0.05) is 17.9 Å². The van der Waals surface area contributed by atoms with E-state index in [1.807, 2.05) is 0 Å². The summed E-state index contributed by atoms with van der Waals surface area (Å²) in [6, 6.07) is 5.07. The van der Waals surface area contributed by atoms with Crippen LogP contribution in [-0.2, 0) is 0 Å². The Balaban J connectivity index is 3.13. The first-order valence-electron chi connectivity index (χ1n) is 4.04. The fraction of sp³-hybridized carbons (Fsp3) is 0.182. The van der Waals surface area contributed by atoms with Crippen molar-refractivity contribution in [2.24, 2.45) is 0 Å². The molecule has 14 heavy (non-hydrogen) atoms. The standard InChI is InChI=1S/C11H9ClO2/c1-8-4-5-9(3-2-6-12)7-10(8)11(13)14/h4-5,7H,6H2,1H3,(H,13,14). The second-order valence-corrected chi connectivity index (χ2v) is 3.04. The average molecular weight is 209 g/mol. The Bertz CT molecular complexity index is 413. The first-order chi connectivity index (χ1) is 6.65. The minimum atomic E-state index is -0.933. The Morgan fingerprint density at radius 3 is 2.86 bits per heavy atom. The van der Waals surface area contributed by atoms with Crippen LogP contribution in [-0.4, -0.2) is 17.0 Å². The zero-order valence-electron chi connectivity index (χ0n) is 7.67. The van der Waals surface area contributed by atoms with Crippen LogP contribution in [0.4, 0.5) is 0 Å². The lowest BCUT2D eigenvalue weighted by Crippen LogP contribution is -1.99. The molecule has 0 aromatic heterocycles. The maximum atomic E-state index is 10.8. The van der Waals surface area contributed by atoms with Crippen LogP contribution in [0.2, 0.25) is 0 Å². The lowest BCUT2D eigenvalue weighted by molar-refractivity contribution is 0.0696. The van der Waals surface area contributed by atoms with Gasteiger partial charge < -0.3 is 5.11 Å². The van der Waals surface area contributed by atoms with Crippen molar-refractivity contribution in [3.05, 3.63) is 34.9 Å². The number of carboxylic acid groups (broad SMARTS) is 1. The molecule has 1 N–H and O–H groups in total. The SMILES string of the molecule is Cc1ccc(C#CCCl)cc1C(=O)O. The third kappa shape index (κ3) is 2.51. The van der Waals surface area contributed by atoms with Gasteiger partial charge in [0.1, 0.15) is 0 Å². The normalized spacial score (nSPS) is 9.00. The highest BCUT2D eigenvalue weighted by Gasteiger charge is 2.06. The topological polar surface area (TPSA) is 37.3 Å². The van der Waals surface area contributed by atoms with E-state index >= 15 is 0 Å². The number of carboxylic acids is 1. The third-order valence-electron chi connectivity index (χ3n) is 1.77. The molecule has 0 saturated heterocycles. The van der Waals surface area contributed by atoms with Crippen molar-refractivity contribution in [1.29, 1.82) is 0 Å². The van der Waals surface area contributed by atoms with E-state index in [1.165, 1.54) is 0 Å². The number of alkyl halides is 1. The first kappa shape index (κ1) is 10.6. The fourth-order valence-electron chi connectivity index (χ4n) is 1.07. The lowest BCUT2D eigenvalue weighted by Gasteiger charge is -2.00. The molecule has 0 amide bonds. The molecule has 0 unspecified atom stereocenters. The molecule has 0 aliphatic carbocycles. The van der Waals surface area contributed by atoms with Crippen LogP contribution >= 0.6 is 11.6 Å². The van der Waals surface area contributed by atoms with Crippen LogP contribution < -0.4 is 0 Å². The minimum Gasteiger partial charge on any atom is -0.478 e. The Morgan fingerprint density at radius 1 is 1.57 bits per heavy atom. The summed E-state index contributed by atoms with van der Waals surface area (Å²) >= 11 is 5.40. The summed E-state index contributed by atoms with van der Waals surface area (Å²) in [4.78, 5) is 10.8. The molecule has 0 atom stereocenters. The lowest BCUT2D eigenvalue weighted by atomic mass is 10.1. The molecular weight excluding hydrogens is 200 g/mol. The summed E-state index contributed by atoms with van der Waals surface area (Å²) in [5, 5.41) is 8.84. The van der Waals surface area contributed by atoms with Crippen molar-refractivity contribution < 1.29 is 9.90 Å². The fourth-order valence-corrected chi connectivity index (χ4v) is 1.13. The van der Waals surface area contributed by atoms with Gasteiger partial charge in [-0.3, -0.25) is 0 Å². The molecule has 0 spiro atoms. The smallest absolute Gasteiger partial charge is 0.335 e. The van der Waals surface area contributed by atoms with Crippen molar-refractivity contribution >= 4 is 17.6 Å². The summed E-state index contributed by atoms with van der Waals surface area (Å²) in [6.07, 6.45) is 0. The largest absolute Gasteiger partial charge is 0.478 e. The van der Waals surface area contributed by atoms with E-state index in [-0.39, 0.29) is 11.4 Å². The summed E-state index contributed by atoms with van der Waals surface area (Å²) in [7, 11) is 0. The Morgan fingerprint density at radius 2 is 2.29 bits per heavy atom.